The number of hydrogen-bond donors (Lipinski definition) is 2. The maximum Gasteiger partial charge on any atom is 0.320 e. The molecule has 1 aliphatic heterocycles. The van der Waals surface area contributed by atoms with Gasteiger partial charge in [-0.25, -0.2) is 0 Å². The number of carboxylic acid groups (broad SMARTS) is 1. The smallest absolute Gasteiger partial charge is 0.320 e. The van der Waals surface area contributed by atoms with E-state index in [1.807, 2.05) is 24.4 Å². The van der Waals surface area contributed by atoms with Crippen LogP contribution in [0, 0.1) is 0 Å². The van der Waals surface area contributed by atoms with Gasteiger partial charge in [0.05, 0.1) is 12.6 Å². The van der Waals surface area contributed by atoms with Crippen LogP contribution in [0.3, 0.4) is 0 Å². The lowest BCUT2D eigenvalue weighted by Crippen LogP contribution is -2.43. The van der Waals surface area contributed by atoms with Crippen molar-refractivity contribution < 1.29 is 14.7 Å². The van der Waals surface area contributed by atoms with Crippen molar-refractivity contribution in [3.63, 3.8) is 0 Å². The van der Waals surface area contributed by atoms with Crippen molar-refractivity contribution in [3.05, 3.63) is 22.4 Å². The minimum Gasteiger partial charge on any atom is -0.480 e. The van der Waals surface area contributed by atoms with Crippen molar-refractivity contribution in [2.75, 3.05) is 13.1 Å². The molecule has 1 amide bonds. The molecule has 6 heteroatoms. The number of aliphatic carboxylic acids is 1. The molecule has 1 aromatic heterocycles. The largest absolute Gasteiger partial charge is 0.480 e. The highest BCUT2D eigenvalue weighted by Crippen LogP contribution is 2.19. The van der Waals surface area contributed by atoms with E-state index in [-0.39, 0.29) is 18.5 Å². The van der Waals surface area contributed by atoms with Crippen LogP contribution in [0.2, 0.25) is 0 Å². The second-order valence-corrected chi connectivity index (χ2v) is 5.75. The Morgan fingerprint density at radius 1 is 1.63 bits per heavy atom. The van der Waals surface area contributed by atoms with Crippen molar-refractivity contribution in [1.29, 1.82) is 0 Å². The summed E-state index contributed by atoms with van der Waals surface area (Å²) >= 11 is 1.60. The first-order chi connectivity index (χ1) is 9.08. The molecule has 1 fully saturated rings. The maximum absolute atomic E-state index is 11.9. The number of thiophene rings is 1. The molecule has 2 rings (SSSR count). The van der Waals surface area contributed by atoms with Gasteiger partial charge >= 0.3 is 5.97 Å². The van der Waals surface area contributed by atoms with Gasteiger partial charge in [-0.2, -0.15) is 0 Å². The first kappa shape index (κ1) is 14.0. The molecule has 0 saturated carbocycles. The number of nitrogens with zero attached hydrogens (tertiary/aromatic N) is 1. The normalized spacial score (nSPS) is 21.2. The van der Waals surface area contributed by atoms with Crippen LogP contribution in [0.25, 0.3) is 0 Å². The fourth-order valence-corrected chi connectivity index (χ4v) is 3.11. The van der Waals surface area contributed by atoms with Crippen LogP contribution in [0.15, 0.2) is 17.5 Å². The van der Waals surface area contributed by atoms with Gasteiger partial charge in [-0.1, -0.05) is 6.07 Å². The van der Waals surface area contributed by atoms with Gasteiger partial charge in [0, 0.05) is 4.88 Å². The molecule has 5 nitrogen and oxygen atoms in total. The molecule has 2 N–H and O–H groups in total. The molecule has 0 bridgehead atoms. The van der Waals surface area contributed by atoms with Crippen LogP contribution in [0.5, 0.6) is 0 Å². The highest BCUT2D eigenvalue weighted by Gasteiger charge is 2.31. The minimum absolute atomic E-state index is 0.0293. The van der Waals surface area contributed by atoms with Gasteiger partial charge in [-0.3, -0.25) is 14.5 Å². The topological polar surface area (TPSA) is 69.6 Å². The van der Waals surface area contributed by atoms with Gasteiger partial charge in [0.2, 0.25) is 5.91 Å². The second kappa shape index (κ2) is 6.16. The zero-order valence-electron chi connectivity index (χ0n) is 10.8. The van der Waals surface area contributed by atoms with Gasteiger partial charge < -0.3 is 10.4 Å². The van der Waals surface area contributed by atoms with Crippen molar-refractivity contribution >= 4 is 23.2 Å². The molecule has 0 unspecified atom stereocenters. The van der Waals surface area contributed by atoms with Gasteiger partial charge in [-0.15, -0.1) is 11.3 Å². The van der Waals surface area contributed by atoms with Crippen LogP contribution < -0.4 is 5.32 Å². The predicted octanol–water partition coefficient (Wildman–Crippen LogP) is 1.47. The zero-order chi connectivity index (χ0) is 13.8. The number of nitrogens with one attached hydrogen (secondary N) is 1. The quantitative estimate of drug-likeness (QED) is 0.858. The lowest BCUT2D eigenvalue weighted by molar-refractivity contribution is -0.142. The molecule has 1 aromatic rings. The third-order valence-corrected chi connectivity index (χ3v) is 4.40. The van der Waals surface area contributed by atoms with Crippen molar-refractivity contribution in [3.8, 4) is 0 Å². The fraction of sp³-hybridized carbons (Fsp3) is 0.538. The minimum atomic E-state index is -0.836. The Bertz CT molecular complexity index is 447. The highest BCUT2D eigenvalue weighted by atomic mass is 32.1. The molecule has 1 saturated heterocycles. The average Bonchev–Trinajstić information content (AvgIpc) is 2.98. The molecule has 1 aliphatic rings. The zero-order valence-corrected chi connectivity index (χ0v) is 11.7. The summed E-state index contributed by atoms with van der Waals surface area (Å²) in [4.78, 5) is 25.8. The van der Waals surface area contributed by atoms with Crippen LogP contribution in [0.4, 0.5) is 0 Å². The van der Waals surface area contributed by atoms with Crippen molar-refractivity contribution in [2.24, 2.45) is 0 Å². The van der Waals surface area contributed by atoms with Gasteiger partial charge in [-0.05, 0) is 37.8 Å². The van der Waals surface area contributed by atoms with Crippen LogP contribution >= 0.6 is 11.3 Å². The summed E-state index contributed by atoms with van der Waals surface area (Å²) in [6.07, 6.45) is 1.47. The molecule has 19 heavy (non-hydrogen) atoms. The Labute approximate surface area is 116 Å². The fourth-order valence-electron chi connectivity index (χ4n) is 2.38. The Balaban J connectivity index is 1.86. The third kappa shape index (κ3) is 3.54. The van der Waals surface area contributed by atoms with Crippen LogP contribution in [-0.4, -0.2) is 41.0 Å². The summed E-state index contributed by atoms with van der Waals surface area (Å²) in [6, 6.07) is 3.39. The van der Waals surface area contributed by atoms with Gasteiger partial charge in [0.25, 0.3) is 0 Å². The van der Waals surface area contributed by atoms with E-state index < -0.39 is 12.0 Å². The molecular formula is C13H18N2O3S. The summed E-state index contributed by atoms with van der Waals surface area (Å²) in [5.41, 5.74) is 0. The highest BCUT2D eigenvalue weighted by molar-refractivity contribution is 7.10. The van der Waals surface area contributed by atoms with Crippen molar-refractivity contribution in [1.82, 2.24) is 10.2 Å². The van der Waals surface area contributed by atoms with E-state index in [0.29, 0.717) is 13.0 Å². The number of amides is 1. The molecule has 0 aliphatic carbocycles. The van der Waals surface area contributed by atoms with E-state index in [0.717, 1.165) is 11.3 Å². The number of carboxylic acids is 1. The average molecular weight is 282 g/mol. The second-order valence-electron chi connectivity index (χ2n) is 4.77. The van der Waals surface area contributed by atoms with E-state index in [2.05, 4.69) is 5.32 Å². The van der Waals surface area contributed by atoms with E-state index in [9.17, 15) is 9.59 Å². The predicted molar refractivity (Wildman–Crippen MR) is 73.1 cm³/mol. The van der Waals surface area contributed by atoms with Crippen LogP contribution in [-0.2, 0) is 9.59 Å². The SMILES string of the molecule is C[C@H](NC(=O)CN1CCC[C@@H]1C(=O)O)c1cccs1. The number of carbonyl (C=O) groups is 2. The Morgan fingerprint density at radius 2 is 2.42 bits per heavy atom. The van der Waals surface area contributed by atoms with Crippen LogP contribution in [0.1, 0.15) is 30.7 Å². The van der Waals surface area contributed by atoms with E-state index in [1.165, 1.54) is 0 Å². The first-order valence-corrected chi connectivity index (χ1v) is 7.25. The number of carbonyl (C=O) groups excluding carboxylic acids is 1. The molecule has 104 valence electrons. The molecule has 0 radical (unpaired) electrons. The molecule has 0 spiro atoms. The van der Waals surface area contributed by atoms with Crippen molar-refractivity contribution in [2.45, 2.75) is 31.8 Å². The summed E-state index contributed by atoms with van der Waals surface area (Å²) in [7, 11) is 0. The monoisotopic (exact) mass is 282 g/mol. The van der Waals surface area contributed by atoms with Gasteiger partial charge in [0.1, 0.15) is 6.04 Å². The summed E-state index contributed by atoms with van der Waals surface area (Å²) in [6.45, 7) is 2.77. The molecule has 2 heterocycles. The number of rotatable bonds is 5. The molecule has 2 atom stereocenters. The Kier molecular flexibility index (Phi) is 4.55. The molecular weight excluding hydrogens is 264 g/mol. The number of hydrogen-bond acceptors (Lipinski definition) is 4. The lowest BCUT2D eigenvalue weighted by atomic mass is 10.2. The lowest BCUT2D eigenvalue weighted by Gasteiger charge is -2.21. The molecule has 0 aromatic carbocycles. The third-order valence-electron chi connectivity index (χ3n) is 3.34. The Morgan fingerprint density at radius 3 is 3.05 bits per heavy atom. The van der Waals surface area contributed by atoms with Gasteiger partial charge in [0.15, 0.2) is 0 Å². The van der Waals surface area contributed by atoms with E-state index in [4.69, 9.17) is 5.11 Å². The first-order valence-electron chi connectivity index (χ1n) is 6.37. The van der Waals surface area contributed by atoms with E-state index >= 15 is 0 Å². The summed E-state index contributed by atoms with van der Waals surface area (Å²) in [5, 5.41) is 13.9. The van der Waals surface area contributed by atoms with E-state index in [1.54, 1.807) is 16.2 Å². The maximum atomic E-state index is 11.9. The number of likely N-dealkylation sites (tertiary alicyclic amines) is 1. The standard InChI is InChI=1S/C13H18N2O3S/c1-9(11-5-3-7-19-11)14-12(16)8-15-6-2-4-10(15)13(17)18/h3,5,7,9-10H,2,4,6,8H2,1H3,(H,14,16)(H,17,18)/t9-,10+/m0/s1. The summed E-state index contributed by atoms with van der Waals surface area (Å²) < 4.78 is 0. The summed E-state index contributed by atoms with van der Waals surface area (Å²) in [5.74, 6) is -0.953. The Hall–Kier alpha value is -1.40.